The molecule has 0 unspecified atom stereocenters. The van der Waals surface area contributed by atoms with Gasteiger partial charge in [0.25, 0.3) is 0 Å². The fraction of sp³-hybridized carbons (Fsp3) is 0.242. The van der Waals surface area contributed by atoms with E-state index in [1.807, 2.05) is 35.2 Å². The number of halogens is 2. The standard InChI is InChI=1S/C33H29BrClN3O4/c34-32-25(9-6-10-27(32)24-7-2-1-3-8-24)21-42-31-15-30(41-20-23-13-22(16-36)17-37-18-23)26(14-28(31)35)19-38-12-5-4-11-29(38)33(39)40/h1-3,6-10,13-15,17-18,29H,4-5,11-12,19-21H2,(H,39,40)/t29-/m0/s1. The average Bonchev–Trinajstić information content (AvgIpc) is 3.01. The van der Waals surface area contributed by atoms with Gasteiger partial charge in [-0.05, 0) is 58.6 Å². The number of likely N-dealkylation sites (tertiary alicyclic amines) is 1. The number of aliphatic carboxylic acids is 1. The van der Waals surface area contributed by atoms with Crippen LogP contribution in [0.2, 0.25) is 5.02 Å². The molecule has 0 radical (unpaired) electrons. The summed E-state index contributed by atoms with van der Waals surface area (Å²) in [7, 11) is 0. The molecule has 1 fully saturated rings. The lowest BCUT2D eigenvalue weighted by Crippen LogP contribution is -2.44. The summed E-state index contributed by atoms with van der Waals surface area (Å²) in [4.78, 5) is 18.0. The SMILES string of the molecule is N#Cc1cncc(COc2cc(OCc3cccc(-c4ccccc4)c3Br)c(Cl)cc2CN2CCCC[C@H]2C(=O)O)c1. The second kappa shape index (κ2) is 13.8. The Morgan fingerprint density at radius 2 is 1.83 bits per heavy atom. The van der Waals surface area contributed by atoms with Gasteiger partial charge in [-0.15, -0.1) is 0 Å². The van der Waals surface area contributed by atoms with Crippen LogP contribution in [0.5, 0.6) is 11.5 Å². The van der Waals surface area contributed by atoms with Gasteiger partial charge < -0.3 is 14.6 Å². The third-order valence-electron chi connectivity index (χ3n) is 7.25. The number of carboxylic acids is 1. The van der Waals surface area contributed by atoms with E-state index in [1.165, 1.54) is 6.20 Å². The second-order valence-corrected chi connectivity index (χ2v) is 11.3. The molecule has 42 heavy (non-hydrogen) atoms. The third-order valence-corrected chi connectivity index (χ3v) is 8.48. The van der Waals surface area contributed by atoms with Crippen molar-refractivity contribution in [2.24, 2.45) is 0 Å². The lowest BCUT2D eigenvalue weighted by Gasteiger charge is -2.33. The molecule has 9 heteroatoms. The number of hydrogen-bond donors (Lipinski definition) is 1. The third kappa shape index (κ3) is 7.11. The maximum atomic E-state index is 11.9. The van der Waals surface area contributed by atoms with E-state index in [4.69, 9.17) is 21.1 Å². The van der Waals surface area contributed by atoms with Gasteiger partial charge in [-0.3, -0.25) is 14.7 Å². The molecule has 5 rings (SSSR count). The smallest absolute Gasteiger partial charge is 0.320 e. The molecule has 3 aromatic carbocycles. The van der Waals surface area contributed by atoms with Crippen LogP contribution >= 0.6 is 27.5 Å². The Labute approximate surface area is 258 Å². The van der Waals surface area contributed by atoms with Crippen molar-refractivity contribution in [3.05, 3.63) is 111 Å². The first-order valence-electron chi connectivity index (χ1n) is 13.6. The monoisotopic (exact) mass is 645 g/mol. The first kappa shape index (κ1) is 29.6. The highest BCUT2D eigenvalue weighted by Crippen LogP contribution is 2.37. The maximum Gasteiger partial charge on any atom is 0.320 e. The molecule has 1 N–H and O–H groups in total. The van der Waals surface area contributed by atoms with Gasteiger partial charge in [-0.2, -0.15) is 5.26 Å². The molecule has 0 bridgehead atoms. The van der Waals surface area contributed by atoms with Gasteiger partial charge in [0.05, 0.1) is 10.6 Å². The molecule has 0 amide bonds. The van der Waals surface area contributed by atoms with Crippen LogP contribution in [0.25, 0.3) is 11.1 Å². The number of aromatic nitrogens is 1. The molecule has 4 aromatic rings. The largest absolute Gasteiger partial charge is 0.488 e. The van der Waals surface area contributed by atoms with Crippen LogP contribution in [0, 0.1) is 11.3 Å². The molecule has 0 spiro atoms. The summed E-state index contributed by atoms with van der Waals surface area (Å²) in [5, 5.41) is 19.4. The number of carbonyl (C=O) groups is 1. The van der Waals surface area contributed by atoms with Gasteiger partial charge in [0.15, 0.2) is 0 Å². The average molecular weight is 647 g/mol. The van der Waals surface area contributed by atoms with Gasteiger partial charge in [-0.25, -0.2) is 0 Å². The van der Waals surface area contributed by atoms with Crippen LogP contribution in [-0.4, -0.2) is 33.5 Å². The van der Waals surface area contributed by atoms with E-state index in [0.717, 1.165) is 45.1 Å². The molecule has 214 valence electrons. The normalized spacial score (nSPS) is 15.1. The summed E-state index contributed by atoms with van der Waals surface area (Å²) in [6, 6.07) is 23.0. The minimum atomic E-state index is -0.828. The lowest BCUT2D eigenvalue weighted by molar-refractivity contribution is -0.144. The fourth-order valence-corrected chi connectivity index (χ4v) is 5.95. The van der Waals surface area contributed by atoms with E-state index < -0.39 is 12.0 Å². The van der Waals surface area contributed by atoms with E-state index in [2.05, 4.69) is 45.2 Å². The summed E-state index contributed by atoms with van der Waals surface area (Å²) in [6.45, 7) is 1.48. The predicted octanol–water partition coefficient (Wildman–Crippen LogP) is 7.63. The molecule has 1 saturated heterocycles. The Hall–Kier alpha value is -3.90. The van der Waals surface area contributed by atoms with Crippen molar-refractivity contribution in [1.82, 2.24) is 9.88 Å². The van der Waals surface area contributed by atoms with E-state index >= 15 is 0 Å². The predicted molar refractivity (Wildman–Crippen MR) is 164 cm³/mol. The van der Waals surface area contributed by atoms with Crippen LogP contribution in [-0.2, 0) is 24.6 Å². The summed E-state index contributed by atoms with van der Waals surface area (Å²) in [5.74, 6) is 0.152. The summed E-state index contributed by atoms with van der Waals surface area (Å²) in [5.41, 5.74) is 5.05. The molecule has 2 heterocycles. The lowest BCUT2D eigenvalue weighted by atomic mass is 10.0. The van der Waals surface area contributed by atoms with Gasteiger partial charge >= 0.3 is 5.97 Å². The van der Waals surface area contributed by atoms with Crippen molar-refractivity contribution in [2.45, 2.75) is 45.1 Å². The van der Waals surface area contributed by atoms with E-state index in [-0.39, 0.29) is 13.2 Å². The summed E-state index contributed by atoms with van der Waals surface area (Å²) < 4.78 is 13.4. The van der Waals surface area contributed by atoms with Crippen molar-refractivity contribution in [3.63, 3.8) is 0 Å². The molecule has 1 aromatic heterocycles. The Kier molecular flexibility index (Phi) is 9.75. The highest BCUT2D eigenvalue weighted by molar-refractivity contribution is 9.10. The quantitative estimate of drug-likeness (QED) is 0.189. The van der Waals surface area contributed by atoms with Crippen LogP contribution in [0.4, 0.5) is 0 Å². The van der Waals surface area contributed by atoms with Crippen LogP contribution in [0.1, 0.15) is 41.5 Å². The minimum Gasteiger partial charge on any atom is -0.488 e. The highest BCUT2D eigenvalue weighted by atomic mass is 79.9. The van der Waals surface area contributed by atoms with Crippen LogP contribution in [0.15, 0.2) is 83.6 Å². The number of rotatable bonds is 10. The molecular formula is C33H29BrClN3O4. The Morgan fingerprint density at radius 1 is 1.02 bits per heavy atom. The number of ether oxygens (including phenoxy) is 2. The summed E-state index contributed by atoms with van der Waals surface area (Å²) in [6.07, 6.45) is 5.56. The van der Waals surface area contributed by atoms with Crippen LogP contribution < -0.4 is 9.47 Å². The zero-order chi connectivity index (χ0) is 29.5. The number of nitriles is 1. The van der Waals surface area contributed by atoms with Crippen molar-refractivity contribution < 1.29 is 19.4 Å². The first-order valence-corrected chi connectivity index (χ1v) is 14.8. The highest BCUT2D eigenvalue weighted by Gasteiger charge is 2.29. The molecule has 0 aliphatic carbocycles. The second-order valence-electron chi connectivity index (χ2n) is 10.1. The molecule has 0 saturated carbocycles. The van der Waals surface area contributed by atoms with E-state index in [1.54, 1.807) is 24.4 Å². The number of benzene rings is 3. The van der Waals surface area contributed by atoms with Gasteiger partial charge in [-0.1, -0.05) is 66.6 Å². The maximum absolute atomic E-state index is 11.9. The first-order chi connectivity index (χ1) is 20.4. The van der Waals surface area contributed by atoms with E-state index in [0.29, 0.717) is 41.6 Å². The molecule has 1 atom stereocenters. The number of nitrogens with zero attached hydrogens (tertiary/aromatic N) is 3. The number of carboxylic acid groups (broad SMARTS) is 1. The topological polar surface area (TPSA) is 95.7 Å². The molecule has 7 nitrogen and oxygen atoms in total. The van der Waals surface area contributed by atoms with Gasteiger partial charge in [0.1, 0.15) is 36.8 Å². The number of piperidine rings is 1. The van der Waals surface area contributed by atoms with Crippen molar-refractivity contribution in [3.8, 4) is 28.7 Å². The fourth-order valence-electron chi connectivity index (χ4n) is 5.10. The molecule has 1 aliphatic heterocycles. The summed E-state index contributed by atoms with van der Waals surface area (Å²) >= 11 is 10.5. The molecule has 1 aliphatic rings. The van der Waals surface area contributed by atoms with Gasteiger partial charge in [0.2, 0.25) is 0 Å². The Morgan fingerprint density at radius 3 is 2.62 bits per heavy atom. The van der Waals surface area contributed by atoms with E-state index in [9.17, 15) is 15.2 Å². The van der Waals surface area contributed by atoms with Gasteiger partial charge in [0, 0.05) is 46.2 Å². The zero-order valence-corrected chi connectivity index (χ0v) is 25.1. The minimum absolute atomic E-state index is 0.170. The Bertz CT molecular complexity index is 1610. The number of hydrogen-bond acceptors (Lipinski definition) is 6. The van der Waals surface area contributed by atoms with Crippen molar-refractivity contribution in [1.29, 1.82) is 5.26 Å². The van der Waals surface area contributed by atoms with Crippen LogP contribution in [0.3, 0.4) is 0 Å². The number of pyridine rings is 1. The van der Waals surface area contributed by atoms with Crippen molar-refractivity contribution >= 4 is 33.5 Å². The zero-order valence-electron chi connectivity index (χ0n) is 22.8. The molecular weight excluding hydrogens is 618 g/mol. The Balaban J connectivity index is 1.41. The van der Waals surface area contributed by atoms with Crippen molar-refractivity contribution in [2.75, 3.05) is 6.54 Å².